The highest BCUT2D eigenvalue weighted by Gasteiger charge is 2.26. The molecule has 4 heteroatoms. The number of hydrogen-bond acceptors (Lipinski definition) is 3. The topological polar surface area (TPSA) is 53.4 Å². The van der Waals surface area contributed by atoms with Crippen LogP contribution in [0.25, 0.3) is 0 Å². The highest BCUT2D eigenvalue weighted by Crippen LogP contribution is 2.24. The molecule has 1 aliphatic carbocycles. The molecule has 1 aromatic rings. The van der Waals surface area contributed by atoms with Crippen LogP contribution >= 0.6 is 0 Å². The number of amides is 1. The van der Waals surface area contributed by atoms with Crippen LogP contribution in [0.15, 0.2) is 18.5 Å². The van der Waals surface area contributed by atoms with Gasteiger partial charge in [0.1, 0.15) is 0 Å². The summed E-state index contributed by atoms with van der Waals surface area (Å²) >= 11 is 0. The lowest BCUT2D eigenvalue weighted by Crippen LogP contribution is -2.41. The normalized spacial score (nSPS) is 14.2. The third-order valence-electron chi connectivity index (χ3n) is 3.40. The number of carbonyl (C=O) groups is 1. The zero-order valence-corrected chi connectivity index (χ0v) is 11.1. The Balaban J connectivity index is 2.09. The lowest BCUT2D eigenvalue weighted by Gasteiger charge is -2.34. The zero-order valence-electron chi connectivity index (χ0n) is 11.1. The molecule has 1 saturated carbocycles. The van der Waals surface area contributed by atoms with Crippen LogP contribution in [-0.2, 0) is 0 Å². The summed E-state index contributed by atoms with van der Waals surface area (Å²) in [6.07, 6.45) is 7.02. The SMILES string of the molecule is CN(C(=O)c1cncc(C#CCCO)c1)C1CCC1. The lowest BCUT2D eigenvalue weighted by molar-refractivity contribution is 0.0651. The van der Waals surface area contributed by atoms with E-state index in [-0.39, 0.29) is 12.5 Å². The quantitative estimate of drug-likeness (QED) is 0.835. The minimum absolute atomic E-state index is 0.00279. The third kappa shape index (κ3) is 3.33. The van der Waals surface area contributed by atoms with Gasteiger partial charge in [-0.05, 0) is 25.3 Å². The second-order valence-electron chi connectivity index (χ2n) is 4.74. The highest BCUT2D eigenvalue weighted by atomic mass is 16.2. The first-order valence-electron chi connectivity index (χ1n) is 6.54. The van der Waals surface area contributed by atoms with Crippen molar-refractivity contribution in [2.45, 2.75) is 31.7 Å². The Labute approximate surface area is 113 Å². The number of aromatic nitrogens is 1. The molecule has 0 bridgehead atoms. The molecule has 0 aromatic carbocycles. The van der Waals surface area contributed by atoms with Gasteiger partial charge >= 0.3 is 0 Å². The van der Waals surface area contributed by atoms with Gasteiger partial charge in [-0.1, -0.05) is 11.8 Å². The van der Waals surface area contributed by atoms with Crippen LogP contribution in [0, 0.1) is 11.8 Å². The summed E-state index contributed by atoms with van der Waals surface area (Å²) in [5.74, 6) is 5.72. The molecular weight excluding hydrogens is 240 g/mol. The Morgan fingerprint density at radius 3 is 2.95 bits per heavy atom. The summed E-state index contributed by atoms with van der Waals surface area (Å²) in [5, 5.41) is 8.68. The summed E-state index contributed by atoms with van der Waals surface area (Å²) in [4.78, 5) is 18.1. The fourth-order valence-corrected chi connectivity index (χ4v) is 1.99. The first-order chi connectivity index (χ1) is 9.22. The van der Waals surface area contributed by atoms with Crippen LogP contribution in [0.1, 0.15) is 41.6 Å². The highest BCUT2D eigenvalue weighted by molar-refractivity contribution is 5.94. The second kappa shape index (κ2) is 6.35. The Morgan fingerprint density at radius 2 is 2.32 bits per heavy atom. The van der Waals surface area contributed by atoms with E-state index in [0.29, 0.717) is 23.6 Å². The van der Waals surface area contributed by atoms with Crippen LogP contribution < -0.4 is 0 Å². The first-order valence-corrected chi connectivity index (χ1v) is 6.54. The number of hydrogen-bond donors (Lipinski definition) is 1. The van der Waals surface area contributed by atoms with Crippen molar-refractivity contribution in [2.75, 3.05) is 13.7 Å². The summed E-state index contributed by atoms with van der Waals surface area (Å²) < 4.78 is 0. The Kier molecular flexibility index (Phi) is 4.53. The smallest absolute Gasteiger partial charge is 0.255 e. The molecule has 0 radical (unpaired) electrons. The molecule has 100 valence electrons. The van der Waals surface area contributed by atoms with Gasteiger partial charge in [0.05, 0.1) is 12.2 Å². The molecule has 0 aliphatic heterocycles. The van der Waals surface area contributed by atoms with E-state index in [1.807, 2.05) is 7.05 Å². The minimum Gasteiger partial charge on any atom is -0.395 e. The van der Waals surface area contributed by atoms with Crippen molar-refractivity contribution < 1.29 is 9.90 Å². The summed E-state index contributed by atoms with van der Waals surface area (Å²) in [7, 11) is 1.84. The van der Waals surface area contributed by atoms with Gasteiger partial charge in [0, 0.05) is 37.5 Å². The van der Waals surface area contributed by atoms with Crippen LogP contribution in [-0.4, -0.2) is 40.6 Å². The Bertz CT molecular complexity index is 512. The van der Waals surface area contributed by atoms with Gasteiger partial charge in [0.2, 0.25) is 0 Å². The predicted molar refractivity (Wildman–Crippen MR) is 72.6 cm³/mol. The largest absolute Gasteiger partial charge is 0.395 e. The van der Waals surface area contributed by atoms with Crippen molar-refractivity contribution in [2.24, 2.45) is 0 Å². The van der Waals surface area contributed by atoms with Crippen molar-refractivity contribution in [1.29, 1.82) is 0 Å². The monoisotopic (exact) mass is 258 g/mol. The molecule has 1 N–H and O–H groups in total. The number of rotatable bonds is 3. The summed E-state index contributed by atoms with van der Waals surface area (Å²) in [5.41, 5.74) is 1.28. The van der Waals surface area contributed by atoms with Gasteiger partial charge in [-0.2, -0.15) is 0 Å². The Hall–Kier alpha value is -1.86. The van der Waals surface area contributed by atoms with Crippen molar-refractivity contribution >= 4 is 5.91 Å². The number of aliphatic hydroxyl groups excluding tert-OH is 1. The van der Waals surface area contributed by atoms with Crippen molar-refractivity contribution in [3.05, 3.63) is 29.6 Å². The molecule has 1 aromatic heterocycles. The molecule has 1 heterocycles. The molecule has 0 spiro atoms. The van der Waals surface area contributed by atoms with Crippen LogP contribution in [0.2, 0.25) is 0 Å². The van der Waals surface area contributed by atoms with E-state index in [0.717, 1.165) is 12.8 Å². The van der Waals surface area contributed by atoms with E-state index in [4.69, 9.17) is 5.11 Å². The standard InChI is InChI=1S/C15H18N2O2/c1-17(14-6-4-7-14)15(19)13-9-12(10-16-11-13)5-2-3-8-18/h9-11,14,18H,3-4,6-8H2,1H3. The predicted octanol–water partition coefficient (Wildman–Crippen LogP) is 1.44. The minimum atomic E-state index is 0.00279. The molecule has 1 aliphatic rings. The van der Waals surface area contributed by atoms with E-state index in [1.165, 1.54) is 6.42 Å². The molecular formula is C15H18N2O2. The van der Waals surface area contributed by atoms with Crippen molar-refractivity contribution in [3.63, 3.8) is 0 Å². The van der Waals surface area contributed by atoms with Crippen LogP contribution in [0.3, 0.4) is 0 Å². The maximum absolute atomic E-state index is 12.3. The maximum atomic E-state index is 12.3. The fourth-order valence-electron chi connectivity index (χ4n) is 1.99. The maximum Gasteiger partial charge on any atom is 0.255 e. The molecule has 1 amide bonds. The Morgan fingerprint density at radius 1 is 1.53 bits per heavy atom. The van der Waals surface area contributed by atoms with Gasteiger partial charge in [-0.25, -0.2) is 0 Å². The molecule has 0 atom stereocenters. The van der Waals surface area contributed by atoms with Gasteiger partial charge in [-0.3, -0.25) is 9.78 Å². The van der Waals surface area contributed by atoms with Gasteiger partial charge in [0.25, 0.3) is 5.91 Å². The lowest BCUT2D eigenvalue weighted by atomic mass is 9.91. The zero-order chi connectivity index (χ0) is 13.7. The molecule has 19 heavy (non-hydrogen) atoms. The molecule has 2 rings (SSSR count). The first kappa shape index (κ1) is 13.6. The third-order valence-corrected chi connectivity index (χ3v) is 3.40. The number of pyridine rings is 1. The summed E-state index contributed by atoms with van der Waals surface area (Å²) in [6, 6.07) is 2.13. The van der Waals surface area contributed by atoms with E-state index in [2.05, 4.69) is 16.8 Å². The van der Waals surface area contributed by atoms with Crippen LogP contribution in [0.4, 0.5) is 0 Å². The number of nitrogens with zero attached hydrogens (tertiary/aromatic N) is 2. The van der Waals surface area contributed by atoms with E-state index >= 15 is 0 Å². The number of carbonyl (C=O) groups excluding carboxylic acids is 1. The summed E-state index contributed by atoms with van der Waals surface area (Å²) in [6.45, 7) is 0.0451. The molecule has 0 saturated heterocycles. The average Bonchev–Trinajstić information content (AvgIpc) is 2.36. The average molecular weight is 258 g/mol. The van der Waals surface area contributed by atoms with Crippen molar-refractivity contribution in [3.8, 4) is 11.8 Å². The van der Waals surface area contributed by atoms with Crippen LogP contribution in [0.5, 0.6) is 0 Å². The molecule has 0 unspecified atom stereocenters. The fraction of sp³-hybridized carbons (Fsp3) is 0.467. The van der Waals surface area contributed by atoms with E-state index in [1.54, 1.807) is 23.4 Å². The van der Waals surface area contributed by atoms with Gasteiger partial charge in [0.15, 0.2) is 0 Å². The van der Waals surface area contributed by atoms with E-state index in [9.17, 15) is 4.79 Å². The van der Waals surface area contributed by atoms with Gasteiger partial charge < -0.3 is 10.0 Å². The molecule has 4 nitrogen and oxygen atoms in total. The number of aliphatic hydroxyl groups is 1. The van der Waals surface area contributed by atoms with Gasteiger partial charge in [-0.15, -0.1) is 0 Å². The molecule has 1 fully saturated rings. The van der Waals surface area contributed by atoms with E-state index < -0.39 is 0 Å². The second-order valence-corrected chi connectivity index (χ2v) is 4.74. The van der Waals surface area contributed by atoms with Crippen molar-refractivity contribution in [1.82, 2.24) is 9.88 Å².